The van der Waals surface area contributed by atoms with E-state index in [0.717, 1.165) is 0 Å². The number of carbonyl (C=O) groups is 1. The third kappa shape index (κ3) is 1.37. The van der Waals surface area contributed by atoms with E-state index in [1.54, 1.807) is 0 Å². The Balaban J connectivity index is 2.41. The van der Waals surface area contributed by atoms with E-state index < -0.39 is 0 Å². The van der Waals surface area contributed by atoms with E-state index in [2.05, 4.69) is 5.32 Å². The highest BCUT2D eigenvalue weighted by molar-refractivity contribution is 6.04. The molecule has 0 radical (unpaired) electrons. The van der Waals surface area contributed by atoms with Crippen molar-refractivity contribution in [2.24, 2.45) is 11.7 Å². The third-order valence-corrected chi connectivity index (χ3v) is 2.44. The summed E-state index contributed by atoms with van der Waals surface area (Å²) in [5.74, 6) is -0.524. The molecule has 0 amide bonds. The second-order valence-electron chi connectivity index (χ2n) is 3.37. The molecule has 1 unspecified atom stereocenters. The van der Waals surface area contributed by atoms with Crippen molar-refractivity contribution in [1.82, 2.24) is 0 Å². The number of fused-ring (bicyclic) bond motifs is 1. The van der Waals surface area contributed by atoms with E-state index in [4.69, 9.17) is 5.73 Å². The predicted molar refractivity (Wildman–Crippen MR) is 51.8 cm³/mol. The van der Waals surface area contributed by atoms with Gasteiger partial charge in [-0.15, -0.1) is 0 Å². The Labute approximate surface area is 81.1 Å². The molecule has 2 rings (SSSR count). The van der Waals surface area contributed by atoms with Gasteiger partial charge in [0.15, 0.2) is 5.78 Å². The zero-order chi connectivity index (χ0) is 10.1. The summed E-state index contributed by atoms with van der Waals surface area (Å²) in [5, 5.41) is 2.99. The van der Waals surface area contributed by atoms with Gasteiger partial charge in [-0.1, -0.05) is 0 Å². The van der Waals surface area contributed by atoms with Crippen molar-refractivity contribution in [2.45, 2.75) is 0 Å². The topological polar surface area (TPSA) is 55.1 Å². The maximum absolute atomic E-state index is 12.8. The summed E-state index contributed by atoms with van der Waals surface area (Å²) in [7, 11) is 0. The van der Waals surface area contributed by atoms with E-state index >= 15 is 0 Å². The lowest BCUT2D eigenvalue weighted by Crippen LogP contribution is -2.34. The lowest BCUT2D eigenvalue weighted by Gasteiger charge is -2.23. The Hall–Kier alpha value is -1.42. The molecule has 0 spiro atoms. The van der Waals surface area contributed by atoms with Crippen molar-refractivity contribution in [3.8, 4) is 0 Å². The maximum atomic E-state index is 12.8. The second kappa shape index (κ2) is 3.38. The lowest BCUT2D eigenvalue weighted by molar-refractivity contribution is 0.0926. The van der Waals surface area contributed by atoms with Gasteiger partial charge in [-0.25, -0.2) is 4.39 Å². The van der Waals surface area contributed by atoms with Gasteiger partial charge in [0, 0.05) is 24.3 Å². The Morgan fingerprint density at radius 3 is 3.07 bits per heavy atom. The number of Topliss-reactive ketones (excluding diaryl/α,β-unsaturated/α-hetero) is 1. The van der Waals surface area contributed by atoms with E-state index in [1.807, 2.05) is 0 Å². The normalized spacial score (nSPS) is 20.1. The molecule has 4 heteroatoms. The molecule has 0 bridgehead atoms. The number of hydrogen-bond acceptors (Lipinski definition) is 3. The highest BCUT2D eigenvalue weighted by Gasteiger charge is 2.25. The Kier molecular flexibility index (Phi) is 2.21. The molecule has 0 fully saturated rings. The molecule has 1 aliphatic rings. The van der Waals surface area contributed by atoms with E-state index in [-0.39, 0.29) is 17.5 Å². The predicted octanol–water partition coefficient (Wildman–Crippen LogP) is 1.01. The minimum atomic E-state index is -0.338. The maximum Gasteiger partial charge on any atom is 0.171 e. The smallest absolute Gasteiger partial charge is 0.171 e. The summed E-state index contributed by atoms with van der Waals surface area (Å²) in [4.78, 5) is 11.7. The van der Waals surface area contributed by atoms with Crippen molar-refractivity contribution in [1.29, 1.82) is 0 Å². The zero-order valence-electron chi connectivity index (χ0n) is 7.59. The summed E-state index contributed by atoms with van der Waals surface area (Å²) in [5.41, 5.74) is 6.55. The van der Waals surface area contributed by atoms with Crippen LogP contribution in [-0.4, -0.2) is 18.9 Å². The monoisotopic (exact) mass is 194 g/mol. The standard InChI is InChI=1S/C10H11FN2O/c11-7-1-2-8-9(3-7)13-5-6(4-12)10(8)14/h1-3,6,13H,4-5,12H2. The molecule has 1 aliphatic heterocycles. The van der Waals surface area contributed by atoms with Crippen LogP contribution in [0, 0.1) is 11.7 Å². The zero-order valence-corrected chi connectivity index (χ0v) is 7.59. The number of anilines is 1. The molecule has 1 heterocycles. The summed E-state index contributed by atoms with van der Waals surface area (Å²) < 4.78 is 12.8. The quantitative estimate of drug-likeness (QED) is 0.701. The van der Waals surface area contributed by atoms with Gasteiger partial charge >= 0.3 is 0 Å². The van der Waals surface area contributed by atoms with Crippen LogP contribution in [0.1, 0.15) is 10.4 Å². The largest absolute Gasteiger partial charge is 0.384 e. The van der Waals surface area contributed by atoms with Crippen molar-refractivity contribution in [3.63, 3.8) is 0 Å². The molecule has 0 saturated carbocycles. The first-order valence-electron chi connectivity index (χ1n) is 4.50. The van der Waals surface area contributed by atoms with Gasteiger partial charge in [-0.3, -0.25) is 4.79 Å². The Morgan fingerprint density at radius 2 is 2.36 bits per heavy atom. The second-order valence-corrected chi connectivity index (χ2v) is 3.37. The Bertz CT molecular complexity index is 378. The average Bonchev–Trinajstić information content (AvgIpc) is 2.18. The number of halogens is 1. The molecule has 0 saturated heterocycles. The summed E-state index contributed by atoms with van der Waals surface area (Å²) in [6, 6.07) is 4.12. The molecule has 3 nitrogen and oxygen atoms in total. The van der Waals surface area contributed by atoms with Crippen LogP contribution in [0.3, 0.4) is 0 Å². The summed E-state index contributed by atoms with van der Waals surface area (Å²) >= 11 is 0. The molecule has 3 N–H and O–H groups in total. The third-order valence-electron chi connectivity index (χ3n) is 2.44. The molecule has 1 aromatic carbocycles. The van der Waals surface area contributed by atoms with Crippen molar-refractivity contribution < 1.29 is 9.18 Å². The first-order valence-corrected chi connectivity index (χ1v) is 4.50. The van der Waals surface area contributed by atoms with Gasteiger partial charge in [0.2, 0.25) is 0 Å². The SMILES string of the molecule is NCC1CNc2cc(F)ccc2C1=O. The molecule has 1 atom stereocenters. The molecular weight excluding hydrogens is 183 g/mol. The van der Waals surface area contributed by atoms with Crippen LogP contribution in [0.4, 0.5) is 10.1 Å². The van der Waals surface area contributed by atoms with Gasteiger partial charge in [0.25, 0.3) is 0 Å². The van der Waals surface area contributed by atoms with Gasteiger partial charge < -0.3 is 11.1 Å². The van der Waals surface area contributed by atoms with Crippen LogP contribution >= 0.6 is 0 Å². The summed E-state index contributed by atoms with van der Waals surface area (Å²) in [6.07, 6.45) is 0. The van der Waals surface area contributed by atoms with Gasteiger partial charge in [-0.2, -0.15) is 0 Å². The highest BCUT2D eigenvalue weighted by atomic mass is 19.1. The molecule has 74 valence electrons. The lowest BCUT2D eigenvalue weighted by atomic mass is 9.92. The Morgan fingerprint density at radius 1 is 1.57 bits per heavy atom. The van der Waals surface area contributed by atoms with Crippen molar-refractivity contribution in [2.75, 3.05) is 18.4 Å². The number of rotatable bonds is 1. The first-order chi connectivity index (χ1) is 6.72. The molecule has 0 aromatic heterocycles. The summed E-state index contributed by atoms with van der Waals surface area (Å²) in [6.45, 7) is 0.814. The van der Waals surface area contributed by atoms with Crippen molar-refractivity contribution >= 4 is 11.5 Å². The molecule has 0 aliphatic carbocycles. The number of hydrogen-bond donors (Lipinski definition) is 2. The first kappa shape index (κ1) is 9.15. The highest BCUT2D eigenvalue weighted by Crippen LogP contribution is 2.24. The average molecular weight is 194 g/mol. The minimum Gasteiger partial charge on any atom is -0.384 e. The molecular formula is C10H11FN2O. The van der Waals surface area contributed by atoms with Crippen LogP contribution in [0.25, 0.3) is 0 Å². The van der Waals surface area contributed by atoms with E-state index in [0.29, 0.717) is 24.3 Å². The molecule has 1 aromatic rings. The fraction of sp³-hybridized carbons (Fsp3) is 0.300. The minimum absolute atomic E-state index is 0.00116. The van der Waals surface area contributed by atoms with Crippen LogP contribution in [0.2, 0.25) is 0 Å². The fourth-order valence-corrected chi connectivity index (χ4v) is 1.61. The number of carbonyl (C=O) groups excluding carboxylic acids is 1. The number of ketones is 1. The van der Waals surface area contributed by atoms with E-state index in [1.165, 1.54) is 18.2 Å². The van der Waals surface area contributed by atoms with Gasteiger partial charge in [-0.05, 0) is 18.2 Å². The van der Waals surface area contributed by atoms with Gasteiger partial charge in [0.1, 0.15) is 5.82 Å². The number of nitrogens with two attached hydrogens (primary N) is 1. The van der Waals surface area contributed by atoms with Crippen LogP contribution in [0.15, 0.2) is 18.2 Å². The fourth-order valence-electron chi connectivity index (χ4n) is 1.61. The molecule has 14 heavy (non-hydrogen) atoms. The van der Waals surface area contributed by atoms with Crippen LogP contribution in [0.5, 0.6) is 0 Å². The van der Waals surface area contributed by atoms with Gasteiger partial charge in [0.05, 0.1) is 5.92 Å². The van der Waals surface area contributed by atoms with Crippen LogP contribution in [-0.2, 0) is 0 Å². The van der Waals surface area contributed by atoms with Crippen LogP contribution < -0.4 is 11.1 Å². The number of nitrogens with one attached hydrogen (secondary N) is 1. The van der Waals surface area contributed by atoms with Crippen molar-refractivity contribution in [3.05, 3.63) is 29.6 Å². The number of benzene rings is 1. The van der Waals surface area contributed by atoms with E-state index in [9.17, 15) is 9.18 Å².